The maximum atomic E-state index is 12.3. The third-order valence-corrected chi connectivity index (χ3v) is 4.97. The Morgan fingerprint density at radius 1 is 1.61 bits per heavy atom. The van der Waals surface area contributed by atoms with Gasteiger partial charge in [0, 0.05) is 32.9 Å². The Morgan fingerprint density at radius 3 is 2.61 bits per heavy atom. The molecule has 2 N–H and O–H groups in total. The zero-order valence-corrected chi connectivity index (χ0v) is 12.1. The predicted molar refractivity (Wildman–Crippen MR) is 71.0 cm³/mol. The highest BCUT2D eigenvalue weighted by Crippen LogP contribution is 2.36. The van der Waals surface area contributed by atoms with Crippen molar-refractivity contribution in [1.29, 1.82) is 0 Å². The molecule has 1 heterocycles. The fourth-order valence-corrected chi connectivity index (χ4v) is 3.36. The number of sulfonamides is 1. The highest BCUT2D eigenvalue weighted by atomic mass is 35.5. The first-order valence-corrected chi connectivity index (χ1v) is 7.07. The number of aryl methyl sites for hydroxylation is 1. The fourth-order valence-electron chi connectivity index (χ4n) is 1.97. The minimum Gasteiger partial charge on any atom is -0.339 e. The largest absolute Gasteiger partial charge is 0.339 e. The van der Waals surface area contributed by atoms with Crippen molar-refractivity contribution < 1.29 is 8.42 Å². The second-order valence-corrected chi connectivity index (χ2v) is 6.48. The van der Waals surface area contributed by atoms with Gasteiger partial charge in [-0.25, -0.2) is 13.4 Å². The van der Waals surface area contributed by atoms with Gasteiger partial charge >= 0.3 is 0 Å². The van der Waals surface area contributed by atoms with Crippen LogP contribution in [0.15, 0.2) is 17.6 Å². The van der Waals surface area contributed by atoms with Crippen molar-refractivity contribution in [3.63, 3.8) is 0 Å². The predicted octanol–water partition coefficient (Wildman–Crippen LogP) is 0.200. The molecule has 1 aliphatic rings. The van der Waals surface area contributed by atoms with E-state index in [4.69, 9.17) is 5.73 Å². The molecule has 0 aromatic carbocycles. The van der Waals surface area contributed by atoms with Gasteiger partial charge in [-0.05, 0) is 18.8 Å². The van der Waals surface area contributed by atoms with Crippen molar-refractivity contribution in [3.05, 3.63) is 12.5 Å². The Hall–Kier alpha value is -0.630. The van der Waals surface area contributed by atoms with Crippen molar-refractivity contribution >= 4 is 22.4 Å². The lowest BCUT2D eigenvalue weighted by molar-refractivity contribution is 0.339. The highest BCUT2D eigenvalue weighted by molar-refractivity contribution is 7.89. The van der Waals surface area contributed by atoms with Crippen LogP contribution in [0.5, 0.6) is 0 Å². The smallest absolute Gasteiger partial charge is 0.262 e. The molecule has 1 aromatic heterocycles. The van der Waals surface area contributed by atoms with Crippen molar-refractivity contribution in [2.45, 2.75) is 23.9 Å². The van der Waals surface area contributed by atoms with Crippen molar-refractivity contribution in [2.75, 3.05) is 13.6 Å². The van der Waals surface area contributed by atoms with E-state index in [-0.39, 0.29) is 23.5 Å². The molecule has 0 amide bonds. The zero-order chi connectivity index (χ0) is 12.6. The summed E-state index contributed by atoms with van der Waals surface area (Å²) in [6, 6.07) is -0.109. The first kappa shape index (κ1) is 15.4. The molecule has 2 rings (SSSR count). The standard InChI is InChI=1S/C10H18N4O2S.ClH/c1-13-6-10(12-7-13)17(15,16)14(2)9(5-11)8-3-4-8;/h6-9H,3-5,11H2,1-2H3;1H. The molecule has 1 fully saturated rings. The van der Waals surface area contributed by atoms with Crippen LogP contribution in [0.4, 0.5) is 0 Å². The van der Waals surface area contributed by atoms with Crippen LogP contribution in [-0.4, -0.2) is 41.9 Å². The lowest BCUT2D eigenvalue weighted by Gasteiger charge is -2.25. The number of aromatic nitrogens is 2. The molecule has 0 saturated heterocycles. The SMILES string of the molecule is CN(C(CN)C1CC1)S(=O)(=O)c1cn(C)cn1.Cl. The molecule has 1 atom stereocenters. The zero-order valence-electron chi connectivity index (χ0n) is 10.5. The Labute approximate surface area is 114 Å². The number of nitrogens with zero attached hydrogens (tertiary/aromatic N) is 3. The number of nitrogens with two attached hydrogens (primary N) is 1. The van der Waals surface area contributed by atoms with E-state index < -0.39 is 10.0 Å². The average Bonchev–Trinajstić information content (AvgIpc) is 3.01. The number of imidazole rings is 1. The Bertz CT molecular complexity index is 498. The molecular weight excluding hydrogens is 276 g/mol. The van der Waals surface area contributed by atoms with E-state index in [0.717, 1.165) is 12.8 Å². The monoisotopic (exact) mass is 294 g/mol. The van der Waals surface area contributed by atoms with Gasteiger partial charge in [0.25, 0.3) is 10.0 Å². The molecule has 0 aliphatic heterocycles. The molecule has 8 heteroatoms. The van der Waals surface area contributed by atoms with Crippen LogP contribution in [0.2, 0.25) is 0 Å². The number of rotatable bonds is 5. The van der Waals surface area contributed by atoms with Gasteiger partial charge in [-0.3, -0.25) is 0 Å². The molecule has 0 bridgehead atoms. The van der Waals surface area contributed by atoms with Crippen LogP contribution in [0.3, 0.4) is 0 Å². The maximum Gasteiger partial charge on any atom is 0.262 e. The van der Waals surface area contributed by atoms with Crippen LogP contribution in [-0.2, 0) is 17.1 Å². The normalized spacial score (nSPS) is 17.6. The van der Waals surface area contributed by atoms with Gasteiger partial charge in [-0.1, -0.05) is 0 Å². The van der Waals surface area contributed by atoms with Gasteiger partial charge < -0.3 is 10.3 Å². The summed E-state index contributed by atoms with van der Waals surface area (Å²) in [7, 11) is -0.187. The van der Waals surface area contributed by atoms with Crippen LogP contribution >= 0.6 is 12.4 Å². The summed E-state index contributed by atoms with van der Waals surface area (Å²) in [6.45, 7) is 0.354. The first-order chi connectivity index (χ1) is 7.96. The lowest BCUT2D eigenvalue weighted by Crippen LogP contribution is -2.43. The molecule has 1 unspecified atom stereocenters. The molecule has 1 aromatic rings. The second-order valence-electron chi connectivity index (χ2n) is 4.54. The number of hydrogen-bond donors (Lipinski definition) is 1. The van der Waals surface area contributed by atoms with E-state index in [1.54, 1.807) is 18.7 Å². The maximum absolute atomic E-state index is 12.3. The van der Waals surface area contributed by atoms with Gasteiger partial charge in [0.1, 0.15) is 0 Å². The van der Waals surface area contributed by atoms with E-state index in [1.165, 1.54) is 16.8 Å². The molecule has 1 aliphatic carbocycles. The summed E-state index contributed by atoms with van der Waals surface area (Å²) in [6.07, 6.45) is 5.11. The quantitative estimate of drug-likeness (QED) is 0.841. The van der Waals surface area contributed by atoms with E-state index in [0.29, 0.717) is 12.5 Å². The van der Waals surface area contributed by atoms with Gasteiger partial charge in [0.15, 0.2) is 5.03 Å². The molecular formula is C10H19ClN4O2S. The average molecular weight is 295 g/mol. The summed E-state index contributed by atoms with van der Waals surface area (Å²) in [5.41, 5.74) is 5.66. The third kappa shape index (κ3) is 2.85. The Balaban J connectivity index is 0.00000162. The van der Waals surface area contributed by atoms with Crippen LogP contribution in [0, 0.1) is 5.92 Å². The van der Waals surface area contributed by atoms with Gasteiger partial charge in [-0.2, -0.15) is 4.31 Å². The molecule has 6 nitrogen and oxygen atoms in total. The third-order valence-electron chi connectivity index (χ3n) is 3.20. The lowest BCUT2D eigenvalue weighted by atomic mass is 10.2. The highest BCUT2D eigenvalue weighted by Gasteiger charge is 2.38. The summed E-state index contributed by atoms with van der Waals surface area (Å²) >= 11 is 0. The van der Waals surface area contributed by atoms with E-state index in [1.807, 2.05) is 0 Å². The van der Waals surface area contributed by atoms with Gasteiger partial charge in [0.05, 0.1) is 6.33 Å². The summed E-state index contributed by atoms with van der Waals surface area (Å²) < 4.78 is 27.5. The number of halogens is 1. The summed E-state index contributed by atoms with van der Waals surface area (Å²) in [5.74, 6) is 0.406. The van der Waals surface area contributed by atoms with Crippen LogP contribution in [0.1, 0.15) is 12.8 Å². The fraction of sp³-hybridized carbons (Fsp3) is 0.700. The Morgan fingerprint density at radius 2 is 2.22 bits per heavy atom. The van der Waals surface area contributed by atoms with Crippen LogP contribution < -0.4 is 5.73 Å². The summed E-state index contributed by atoms with van der Waals surface area (Å²) in [4.78, 5) is 3.90. The minimum atomic E-state index is -3.51. The second kappa shape index (κ2) is 5.56. The molecule has 18 heavy (non-hydrogen) atoms. The molecule has 0 radical (unpaired) electrons. The van der Waals surface area contributed by atoms with Crippen molar-refractivity contribution in [3.8, 4) is 0 Å². The first-order valence-electron chi connectivity index (χ1n) is 5.63. The molecule has 104 valence electrons. The number of likely N-dealkylation sites (N-methyl/N-ethyl adjacent to an activating group) is 1. The van der Waals surface area contributed by atoms with Gasteiger partial charge in [-0.15, -0.1) is 12.4 Å². The Kier molecular flexibility index (Phi) is 4.77. The van der Waals surface area contributed by atoms with Crippen LogP contribution in [0.25, 0.3) is 0 Å². The molecule has 0 spiro atoms. The topological polar surface area (TPSA) is 81.2 Å². The number of hydrogen-bond acceptors (Lipinski definition) is 4. The summed E-state index contributed by atoms with van der Waals surface area (Å²) in [5, 5.41) is 0.0848. The van der Waals surface area contributed by atoms with E-state index in [2.05, 4.69) is 4.98 Å². The minimum absolute atomic E-state index is 0. The van der Waals surface area contributed by atoms with E-state index in [9.17, 15) is 8.42 Å². The van der Waals surface area contributed by atoms with Gasteiger partial charge in [0.2, 0.25) is 0 Å². The van der Waals surface area contributed by atoms with Crippen molar-refractivity contribution in [2.24, 2.45) is 18.7 Å². The molecule has 1 saturated carbocycles. The van der Waals surface area contributed by atoms with E-state index >= 15 is 0 Å². The van der Waals surface area contributed by atoms with Crippen molar-refractivity contribution in [1.82, 2.24) is 13.9 Å².